The Kier molecular flexibility index (Phi) is 6.30. The number of carbonyl (C=O) groups is 1. The predicted molar refractivity (Wildman–Crippen MR) is 106 cm³/mol. The van der Waals surface area contributed by atoms with Crippen molar-refractivity contribution in [1.29, 1.82) is 0 Å². The minimum atomic E-state index is -0.163. The van der Waals surface area contributed by atoms with Crippen LogP contribution in [0.25, 0.3) is 11.0 Å². The molecule has 1 aliphatic rings. The Balaban J connectivity index is 1.59. The van der Waals surface area contributed by atoms with Gasteiger partial charge in [-0.15, -0.1) is 0 Å². The number of aromatic nitrogens is 2. The molecule has 1 heterocycles. The molecular formula is C21H32N4O. The number of amides is 1. The molecular weight excluding hydrogens is 324 g/mol. The lowest BCUT2D eigenvalue weighted by Crippen LogP contribution is -2.44. The molecule has 1 atom stereocenters. The van der Waals surface area contributed by atoms with Gasteiger partial charge in [-0.2, -0.15) is 0 Å². The van der Waals surface area contributed by atoms with Crippen molar-refractivity contribution in [2.24, 2.45) is 5.92 Å². The van der Waals surface area contributed by atoms with Gasteiger partial charge in [0.25, 0.3) is 0 Å². The molecule has 1 N–H and O–H groups in total. The van der Waals surface area contributed by atoms with Crippen molar-refractivity contribution in [3.05, 3.63) is 30.1 Å². The number of hydrogen-bond acceptors (Lipinski definition) is 3. The molecule has 0 aliphatic heterocycles. The molecule has 0 bridgehead atoms. The van der Waals surface area contributed by atoms with E-state index in [0.717, 1.165) is 29.9 Å². The van der Waals surface area contributed by atoms with Gasteiger partial charge in [-0.3, -0.25) is 9.69 Å². The third kappa shape index (κ3) is 4.26. The summed E-state index contributed by atoms with van der Waals surface area (Å²) in [6.45, 7) is 6.49. The second kappa shape index (κ2) is 8.67. The second-order valence-corrected chi connectivity index (χ2v) is 7.60. The Hall–Kier alpha value is -1.88. The van der Waals surface area contributed by atoms with Crippen LogP contribution in [0.1, 0.15) is 51.8 Å². The number of benzene rings is 1. The summed E-state index contributed by atoms with van der Waals surface area (Å²) in [7, 11) is 2.00. The zero-order valence-electron chi connectivity index (χ0n) is 16.4. The van der Waals surface area contributed by atoms with E-state index in [1.807, 2.05) is 32.2 Å². The average molecular weight is 357 g/mol. The van der Waals surface area contributed by atoms with E-state index in [4.69, 9.17) is 4.98 Å². The maximum Gasteiger partial charge on any atom is 0.237 e. The van der Waals surface area contributed by atoms with Gasteiger partial charge < -0.3 is 9.88 Å². The lowest BCUT2D eigenvalue weighted by Gasteiger charge is -2.26. The summed E-state index contributed by atoms with van der Waals surface area (Å²) in [5.41, 5.74) is 2.18. The molecule has 1 amide bonds. The van der Waals surface area contributed by atoms with E-state index in [1.54, 1.807) is 0 Å². The summed E-state index contributed by atoms with van der Waals surface area (Å²) in [4.78, 5) is 19.4. The first-order valence-electron chi connectivity index (χ1n) is 10.0. The fourth-order valence-electron chi connectivity index (χ4n) is 3.94. The van der Waals surface area contributed by atoms with E-state index < -0.39 is 0 Å². The number of imidazole rings is 1. The van der Waals surface area contributed by atoms with Crippen LogP contribution in [0.3, 0.4) is 0 Å². The highest BCUT2D eigenvalue weighted by Gasteiger charge is 2.22. The van der Waals surface area contributed by atoms with Gasteiger partial charge in [0, 0.05) is 13.1 Å². The van der Waals surface area contributed by atoms with Gasteiger partial charge in [-0.25, -0.2) is 4.98 Å². The summed E-state index contributed by atoms with van der Waals surface area (Å²) in [5, 5.41) is 3.17. The molecule has 1 aromatic carbocycles. The Morgan fingerprint density at radius 1 is 1.31 bits per heavy atom. The van der Waals surface area contributed by atoms with Crippen LogP contribution in [0, 0.1) is 5.92 Å². The number of aryl methyl sites for hydroxylation is 1. The molecule has 0 saturated heterocycles. The van der Waals surface area contributed by atoms with Crippen LogP contribution in [-0.4, -0.2) is 40.0 Å². The average Bonchev–Trinajstić information content (AvgIpc) is 3.03. The highest BCUT2D eigenvalue weighted by atomic mass is 16.2. The van der Waals surface area contributed by atoms with Crippen molar-refractivity contribution in [2.45, 2.75) is 65.1 Å². The third-order valence-electron chi connectivity index (χ3n) is 5.77. The summed E-state index contributed by atoms with van der Waals surface area (Å²) >= 11 is 0. The van der Waals surface area contributed by atoms with E-state index >= 15 is 0 Å². The third-order valence-corrected chi connectivity index (χ3v) is 5.77. The Morgan fingerprint density at radius 3 is 2.77 bits per heavy atom. The second-order valence-electron chi connectivity index (χ2n) is 7.60. The van der Waals surface area contributed by atoms with E-state index in [0.29, 0.717) is 12.5 Å². The first-order valence-corrected chi connectivity index (χ1v) is 10.0. The van der Waals surface area contributed by atoms with Gasteiger partial charge in [-0.1, -0.05) is 31.4 Å². The number of hydrogen-bond donors (Lipinski definition) is 1. The van der Waals surface area contributed by atoms with Crippen LogP contribution in [0.5, 0.6) is 0 Å². The molecule has 26 heavy (non-hydrogen) atoms. The topological polar surface area (TPSA) is 50.2 Å². The molecule has 3 rings (SSSR count). The number of likely N-dealkylation sites (N-methyl/N-ethyl adjacent to an activating group) is 1. The fourth-order valence-corrected chi connectivity index (χ4v) is 3.94. The molecule has 142 valence electrons. The molecule has 5 nitrogen and oxygen atoms in total. The first-order chi connectivity index (χ1) is 12.6. The first kappa shape index (κ1) is 18.9. The van der Waals surface area contributed by atoms with Crippen molar-refractivity contribution in [3.8, 4) is 0 Å². The number of nitrogens with one attached hydrogen (secondary N) is 1. The minimum Gasteiger partial charge on any atom is -0.354 e. The van der Waals surface area contributed by atoms with Gasteiger partial charge in [0.05, 0.1) is 23.6 Å². The highest BCUT2D eigenvalue weighted by molar-refractivity contribution is 5.81. The number of para-hydroxylation sites is 2. The quantitative estimate of drug-likeness (QED) is 0.825. The summed E-state index contributed by atoms with van der Waals surface area (Å²) in [6.07, 6.45) is 6.48. The minimum absolute atomic E-state index is 0.122. The van der Waals surface area contributed by atoms with Crippen molar-refractivity contribution in [2.75, 3.05) is 13.6 Å². The van der Waals surface area contributed by atoms with Gasteiger partial charge in [0.2, 0.25) is 5.91 Å². The number of fused-ring (bicyclic) bond motifs is 1. The zero-order chi connectivity index (χ0) is 18.5. The summed E-state index contributed by atoms with van der Waals surface area (Å²) in [5.74, 6) is 1.80. The molecule has 5 heteroatoms. The standard InChI is InChI=1S/C21H32N4O/c1-4-25-19-13-9-8-12-18(19)23-20(25)15-24(3)16(2)21(26)22-14-17-10-6-5-7-11-17/h8-9,12-13,16-17H,4-7,10-11,14-15H2,1-3H3,(H,22,26). The Morgan fingerprint density at radius 2 is 2.04 bits per heavy atom. The molecule has 0 spiro atoms. The predicted octanol–water partition coefficient (Wildman–Crippen LogP) is 3.57. The van der Waals surface area contributed by atoms with E-state index in [2.05, 4.69) is 27.8 Å². The molecule has 1 aromatic heterocycles. The van der Waals surface area contributed by atoms with Crippen molar-refractivity contribution < 1.29 is 4.79 Å². The Bertz CT molecular complexity index is 733. The number of carbonyl (C=O) groups excluding carboxylic acids is 1. The molecule has 1 saturated carbocycles. The molecule has 0 radical (unpaired) electrons. The SMILES string of the molecule is CCn1c(CN(C)C(C)C(=O)NCC2CCCCC2)nc2ccccc21. The maximum absolute atomic E-state index is 12.6. The highest BCUT2D eigenvalue weighted by Crippen LogP contribution is 2.23. The van der Waals surface area contributed by atoms with E-state index in [1.165, 1.54) is 32.1 Å². The maximum atomic E-state index is 12.6. The normalized spacial score (nSPS) is 16.9. The number of nitrogens with zero attached hydrogens (tertiary/aromatic N) is 3. The van der Waals surface area contributed by atoms with Gasteiger partial charge in [-0.05, 0) is 51.8 Å². The van der Waals surface area contributed by atoms with Crippen molar-refractivity contribution in [1.82, 2.24) is 19.8 Å². The summed E-state index contributed by atoms with van der Waals surface area (Å²) in [6, 6.07) is 8.06. The Labute approximate surface area is 156 Å². The molecule has 1 unspecified atom stereocenters. The van der Waals surface area contributed by atoms with Crippen LogP contribution < -0.4 is 5.32 Å². The largest absolute Gasteiger partial charge is 0.354 e. The molecule has 2 aromatic rings. The monoisotopic (exact) mass is 356 g/mol. The van der Waals surface area contributed by atoms with E-state index in [9.17, 15) is 4.79 Å². The van der Waals surface area contributed by atoms with Crippen LogP contribution in [-0.2, 0) is 17.9 Å². The van der Waals surface area contributed by atoms with Crippen LogP contribution in [0.4, 0.5) is 0 Å². The number of rotatable bonds is 7. The van der Waals surface area contributed by atoms with E-state index in [-0.39, 0.29) is 11.9 Å². The van der Waals surface area contributed by atoms with Crippen LogP contribution in [0.2, 0.25) is 0 Å². The fraction of sp³-hybridized carbons (Fsp3) is 0.619. The summed E-state index contributed by atoms with van der Waals surface area (Å²) < 4.78 is 2.23. The lowest BCUT2D eigenvalue weighted by atomic mass is 9.89. The molecule has 1 fully saturated rings. The smallest absolute Gasteiger partial charge is 0.237 e. The zero-order valence-corrected chi connectivity index (χ0v) is 16.4. The van der Waals surface area contributed by atoms with Crippen molar-refractivity contribution >= 4 is 16.9 Å². The molecule has 1 aliphatic carbocycles. The van der Waals surface area contributed by atoms with Crippen molar-refractivity contribution in [3.63, 3.8) is 0 Å². The van der Waals surface area contributed by atoms with Gasteiger partial charge in [0.1, 0.15) is 5.82 Å². The van der Waals surface area contributed by atoms with Gasteiger partial charge >= 0.3 is 0 Å². The lowest BCUT2D eigenvalue weighted by molar-refractivity contribution is -0.125. The van der Waals surface area contributed by atoms with Crippen LogP contribution in [0.15, 0.2) is 24.3 Å². The van der Waals surface area contributed by atoms with Crippen LogP contribution >= 0.6 is 0 Å². The van der Waals surface area contributed by atoms with Gasteiger partial charge in [0.15, 0.2) is 0 Å².